The zero-order chi connectivity index (χ0) is 16.8. The molecule has 0 radical (unpaired) electrons. The molecule has 8 nitrogen and oxygen atoms in total. The van der Waals surface area contributed by atoms with Gasteiger partial charge in [0.1, 0.15) is 0 Å². The van der Waals surface area contributed by atoms with E-state index in [-0.39, 0.29) is 24.0 Å². The van der Waals surface area contributed by atoms with Crippen molar-refractivity contribution in [3.63, 3.8) is 0 Å². The van der Waals surface area contributed by atoms with Gasteiger partial charge in [0.15, 0.2) is 5.82 Å². The highest BCUT2D eigenvalue weighted by Crippen LogP contribution is 2.19. The van der Waals surface area contributed by atoms with E-state index in [0.717, 1.165) is 12.8 Å². The van der Waals surface area contributed by atoms with Crippen molar-refractivity contribution in [3.05, 3.63) is 12.3 Å². The van der Waals surface area contributed by atoms with Gasteiger partial charge in [0.25, 0.3) is 0 Å². The van der Waals surface area contributed by atoms with Crippen molar-refractivity contribution in [2.24, 2.45) is 5.92 Å². The summed E-state index contributed by atoms with van der Waals surface area (Å²) in [6.07, 6.45) is 3.33. The number of piperidine rings is 1. The maximum absolute atomic E-state index is 12.3. The van der Waals surface area contributed by atoms with Gasteiger partial charge in [-0.3, -0.25) is 14.8 Å². The number of esters is 1. The second kappa shape index (κ2) is 7.96. The quantitative estimate of drug-likeness (QED) is 0.830. The predicted octanol–water partition coefficient (Wildman–Crippen LogP) is 1.51. The lowest BCUT2D eigenvalue weighted by Gasteiger charge is -2.31. The van der Waals surface area contributed by atoms with Crippen LogP contribution in [0.25, 0.3) is 0 Å². The minimum Gasteiger partial charge on any atom is -0.469 e. The third kappa shape index (κ3) is 4.44. The Balaban J connectivity index is 1.92. The first-order valence-corrected chi connectivity index (χ1v) is 7.73. The average molecular weight is 324 g/mol. The van der Waals surface area contributed by atoms with Gasteiger partial charge in [-0.25, -0.2) is 4.79 Å². The molecule has 1 aromatic rings. The summed E-state index contributed by atoms with van der Waals surface area (Å²) in [5.41, 5.74) is 0. The summed E-state index contributed by atoms with van der Waals surface area (Å²) in [6, 6.07) is 1.58. The molecule has 1 fully saturated rings. The smallest absolute Gasteiger partial charge is 0.323 e. The minimum atomic E-state index is -0.264. The van der Waals surface area contributed by atoms with E-state index < -0.39 is 0 Å². The van der Waals surface area contributed by atoms with Crippen molar-refractivity contribution in [2.45, 2.75) is 25.8 Å². The monoisotopic (exact) mass is 324 g/mol. The van der Waals surface area contributed by atoms with Crippen LogP contribution < -0.4 is 5.32 Å². The summed E-state index contributed by atoms with van der Waals surface area (Å²) >= 11 is 0. The molecule has 2 heterocycles. The number of rotatable bonds is 5. The number of carbonyl (C=O) groups is 2. The third-order valence-electron chi connectivity index (χ3n) is 3.95. The van der Waals surface area contributed by atoms with Gasteiger partial charge in [-0.2, -0.15) is 5.10 Å². The maximum atomic E-state index is 12.3. The second-order valence-electron chi connectivity index (χ2n) is 5.72. The number of nitrogens with zero attached hydrogens (tertiary/aromatic N) is 3. The van der Waals surface area contributed by atoms with E-state index in [2.05, 4.69) is 10.4 Å². The van der Waals surface area contributed by atoms with Crippen LogP contribution in [-0.4, -0.2) is 60.6 Å². The molecule has 1 saturated heterocycles. The van der Waals surface area contributed by atoms with E-state index in [1.807, 2.05) is 6.92 Å². The number of hydrogen-bond donors (Lipinski definition) is 1. The molecule has 1 aliphatic heterocycles. The van der Waals surface area contributed by atoms with Crippen molar-refractivity contribution in [1.82, 2.24) is 14.7 Å². The molecule has 0 aromatic carbocycles. The highest BCUT2D eigenvalue weighted by atomic mass is 16.5. The molecule has 2 rings (SSSR count). The highest BCUT2D eigenvalue weighted by molar-refractivity contribution is 5.88. The van der Waals surface area contributed by atoms with E-state index in [4.69, 9.17) is 9.47 Å². The van der Waals surface area contributed by atoms with Crippen LogP contribution in [0.2, 0.25) is 0 Å². The van der Waals surface area contributed by atoms with Gasteiger partial charge in [-0.15, -0.1) is 0 Å². The average Bonchev–Trinajstić information content (AvgIpc) is 3.03. The lowest BCUT2D eigenvalue weighted by atomic mass is 9.98. The summed E-state index contributed by atoms with van der Waals surface area (Å²) < 4.78 is 11.6. The van der Waals surface area contributed by atoms with Crippen LogP contribution in [0.15, 0.2) is 12.3 Å². The Morgan fingerprint density at radius 2 is 2.26 bits per heavy atom. The summed E-state index contributed by atoms with van der Waals surface area (Å²) in [7, 11) is 3.01. The lowest BCUT2D eigenvalue weighted by Crippen LogP contribution is -2.44. The molecule has 1 aromatic heterocycles. The van der Waals surface area contributed by atoms with Gasteiger partial charge in [-0.05, 0) is 19.8 Å². The van der Waals surface area contributed by atoms with Crippen LogP contribution >= 0.6 is 0 Å². The molecule has 23 heavy (non-hydrogen) atoms. The van der Waals surface area contributed by atoms with E-state index in [1.54, 1.807) is 29.0 Å². The van der Waals surface area contributed by atoms with Crippen LogP contribution in [0, 0.1) is 5.92 Å². The molecule has 8 heteroatoms. The molecule has 128 valence electrons. The first kappa shape index (κ1) is 17.3. The summed E-state index contributed by atoms with van der Waals surface area (Å²) in [4.78, 5) is 25.6. The Hall–Kier alpha value is -2.09. The van der Waals surface area contributed by atoms with Gasteiger partial charge in [0, 0.05) is 32.5 Å². The maximum Gasteiger partial charge on any atom is 0.323 e. The Labute approximate surface area is 135 Å². The molecule has 2 amide bonds. The number of urea groups is 1. The number of hydrogen-bond acceptors (Lipinski definition) is 5. The van der Waals surface area contributed by atoms with Gasteiger partial charge < -0.3 is 14.4 Å². The number of methoxy groups -OCH3 is 2. The number of likely N-dealkylation sites (tertiary alicyclic amines) is 1. The predicted molar refractivity (Wildman–Crippen MR) is 84.1 cm³/mol. The Kier molecular flexibility index (Phi) is 5.97. The number of aromatic nitrogens is 2. The molecular weight excluding hydrogens is 300 g/mol. The standard InChI is InChI=1S/C15H24N4O4/c1-11(10-22-2)19-8-6-13(17-19)16-15(21)18-7-4-5-12(9-18)14(20)23-3/h6,8,11-12H,4-5,7,9-10H2,1-3H3,(H,16,17,21)/t11-,12-/m1/s1. The fourth-order valence-electron chi connectivity index (χ4n) is 2.68. The van der Waals surface area contributed by atoms with Gasteiger partial charge in [0.05, 0.1) is 25.7 Å². The second-order valence-corrected chi connectivity index (χ2v) is 5.72. The van der Waals surface area contributed by atoms with Crippen LogP contribution in [0.5, 0.6) is 0 Å². The minimum absolute atomic E-state index is 0.0874. The number of carbonyl (C=O) groups excluding carboxylic acids is 2. The molecule has 2 atom stereocenters. The summed E-state index contributed by atoms with van der Waals surface area (Å²) in [5.74, 6) is -0.0305. The van der Waals surface area contributed by atoms with Crippen molar-refractivity contribution < 1.29 is 19.1 Å². The van der Waals surface area contributed by atoms with Gasteiger partial charge >= 0.3 is 12.0 Å². The lowest BCUT2D eigenvalue weighted by molar-refractivity contribution is -0.146. The Morgan fingerprint density at radius 1 is 1.48 bits per heavy atom. The molecule has 0 saturated carbocycles. The number of amides is 2. The molecular formula is C15H24N4O4. The van der Waals surface area contributed by atoms with Crippen molar-refractivity contribution in [3.8, 4) is 0 Å². The molecule has 0 bridgehead atoms. The van der Waals surface area contributed by atoms with E-state index in [9.17, 15) is 9.59 Å². The normalized spacial score (nSPS) is 19.3. The van der Waals surface area contributed by atoms with Crippen molar-refractivity contribution in [1.29, 1.82) is 0 Å². The first-order chi connectivity index (χ1) is 11.0. The topological polar surface area (TPSA) is 85.7 Å². The Bertz CT molecular complexity index is 545. The summed E-state index contributed by atoms with van der Waals surface area (Å²) in [6.45, 7) is 3.52. The molecule has 0 spiro atoms. The fraction of sp³-hybridized carbons (Fsp3) is 0.667. The number of ether oxygens (including phenoxy) is 2. The number of nitrogens with one attached hydrogen (secondary N) is 1. The molecule has 0 unspecified atom stereocenters. The van der Waals surface area contributed by atoms with Crippen molar-refractivity contribution in [2.75, 3.05) is 39.2 Å². The van der Waals surface area contributed by atoms with Gasteiger partial charge in [-0.1, -0.05) is 0 Å². The van der Waals surface area contributed by atoms with E-state index in [0.29, 0.717) is 25.5 Å². The zero-order valence-electron chi connectivity index (χ0n) is 13.8. The zero-order valence-corrected chi connectivity index (χ0v) is 13.8. The van der Waals surface area contributed by atoms with Crippen molar-refractivity contribution >= 4 is 17.8 Å². The van der Waals surface area contributed by atoms with Gasteiger partial charge in [0.2, 0.25) is 0 Å². The highest BCUT2D eigenvalue weighted by Gasteiger charge is 2.29. The largest absolute Gasteiger partial charge is 0.469 e. The Morgan fingerprint density at radius 3 is 2.96 bits per heavy atom. The van der Waals surface area contributed by atoms with Crippen LogP contribution in [0.1, 0.15) is 25.8 Å². The fourth-order valence-corrected chi connectivity index (χ4v) is 2.68. The molecule has 1 N–H and O–H groups in total. The first-order valence-electron chi connectivity index (χ1n) is 7.73. The van der Waals surface area contributed by atoms with Crippen LogP contribution in [0.3, 0.4) is 0 Å². The number of anilines is 1. The summed E-state index contributed by atoms with van der Waals surface area (Å²) in [5, 5.41) is 7.09. The van der Waals surface area contributed by atoms with Crippen LogP contribution in [-0.2, 0) is 14.3 Å². The third-order valence-corrected chi connectivity index (χ3v) is 3.95. The van der Waals surface area contributed by atoms with E-state index >= 15 is 0 Å². The van der Waals surface area contributed by atoms with E-state index in [1.165, 1.54) is 7.11 Å². The van der Waals surface area contributed by atoms with Crippen LogP contribution in [0.4, 0.5) is 10.6 Å². The molecule has 0 aliphatic carbocycles. The molecule has 1 aliphatic rings. The SMILES string of the molecule is COC[C@@H](C)n1ccc(NC(=O)N2CCC[C@@H](C(=O)OC)C2)n1.